The number of piperidine rings is 1. The zero-order valence-corrected chi connectivity index (χ0v) is 12.1. The molecule has 1 fully saturated rings. The lowest BCUT2D eigenvalue weighted by Gasteiger charge is -2.22. The number of nitrogens with zero attached hydrogens (tertiary/aromatic N) is 1. The third-order valence-corrected chi connectivity index (χ3v) is 5.01. The molecule has 0 aromatic heterocycles. The molecule has 1 heterocycles. The zero-order valence-electron chi connectivity index (χ0n) is 11.3. The Kier molecular flexibility index (Phi) is 5.12. The average molecular weight is 293 g/mol. The second-order valence-electron chi connectivity index (χ2n) is 5.04. The SMILES string of the molecule is N#Cc1ccc(S(=O)(=O)NCCC2CCCNC2)cc1. The first kappa shape index (κ1) is 15.0. The van der Waals surface area contributed by atoms with Crippen molar-refractivity contribution in [2.45, 2.75) is 24.2 Å². The van der Waals surface area contributed by atoms with Crippen LogP contribution in [0.25, 0.3) is 0 Å². The van der Waals surface area contributed by atoms with E-state index in [0.29, 0.717) is 18.0 Å². The molecule has 1 atom stereocenters. The van der Waals surface area contributed by atoms with E-state index < -0.39 is 10.0 Å². The monoisotopic (exact) mass is 293 g/mol. The summed E-state index contributed by atoms with van der Waals surface area (Å²) < 4.78 is 26.7. The van der Waals surface area contributed by atoms with Gasteiger partial charge in [-0.2, -0.15) is 5.26 Å². The molecule has 2 N–H and O–H groups in total. The molecule has 1 aromatic carbocycles. The maximum absolute atomic E-state index is 12.1. The van der Waals surface area contributed by atoms with Crippen LogP contribution in [0.15, 0.2) is 29.2 Å². The number of nitrogens with one attached hydrogen (secondary N) is 2. The molecule has 2 rings (SSSR count). The molecule has 0 radical (unpaired) electrons. The van der Waals surface area contributed by atoms with Crippen molar-refractivity contribution in [3.63, 3.8) is 0 Å². The van der Waals surface area contributed by atoms with Crippen molar-refractivity contribution >= 4 is 10.0 Å². The molecule has 5 nitrogen and oxygen atoms in total. The lowest BCUT2D eigenvalue weighted by Crippen LogP contribution is -2.33. The molecule has 1 unspecified atom stereocenters. The van der Waals surface area contributed by atoms with Gasteiger partial charge in [-0.1, -0.05) is 0 Å². The Bertz CT molecular complexity index is 569. The molecule has 0 spiro atoms. The predicted molar refractivity (Wildman–Crippen MR) is 76.6 cm³/mol. The van der Waals surface area contributed by atoms with E-state index in [1.807, 2.05) is 6.07 Å². The number of nitriles is 1. The second kappa shape index (κ2) is 6.84. The van der Waals surface area contributed by atoms with E-state index in [2.05, 4.69) is 10.0 Å². The lowest BCUT2D eigenvalue weighted by atomic mass is 9.96. The van der Waals surface area contributed by atoms with E-state index in [4.69, 9.17) is 5.26 Å². The fraction of sp³-hybridized carbons (Fsp3) is 0.500. The molecule has 108 valence electrons. The molecular formula is C14H19N3O2S. The van der Waals surface area contributed by atoms with Gasteiger partial charge in [-0.05, 0) is 62.5 Å². The van der Waals surface area contributed by atoms with Crippen molar-refractivity contribution in [1.29, 1.82) is 5.26 Å². The van der Waals surface area contributed by atoms with Gasteiger partial charge in [0.05, 0.1) is 16.5 Å². The summed E-state index contributed by atoms with van der Waals surface area (Å²) in [4.78, 5) is 0.207. The van der Waals surface area contributed by atoms with Gasteiger partial charge in [0.25, 0.3) is 0 Å². The van der Waals surface area contributed by atoms with Gasteiger partial charge in [-0.25, -0.2) is 13.1 Å². The van der Waals surface area contributed by atoms with E-state index in [9.17, 15) is 8.42 Å². The lowest BCUT2D eigenvalue weighted by molar-refractivity contribution is 0.358. The minimum absolute atomic E-state index is 0.207. The van der Waals surface area contributed by atoms with E-state index >= 15 is 0 Å². The van der Waals surface area contributed by atoms with E-state index in [1.54, 1.807) is 0 Å². The van der Waals surface area contributed by atoms with E-state index in [-0.39, 0.29) is 4.90 Å². The van der Waals surface area contributed by atoms with E-state index in [0.717, 1.165) is 32.4 Å². The number of hydrogen-bond donors (Lipinski definition) is 2. The highest BCUT2D eigenvalue weighted by atomic mass is 32.2. The summed E-state index contributed by atoms with van der Waals surface area (Å²) in [5.74, 6) is 0.549. The van der Waals surface area contributed by atoms with Crippen LogP contribution >= 0.6 is 0 Å². The fourth-order valence-corrected chi connectivity index (χ4v) is 3.41. The van der Waals surface area contributed by atoms with Gasteiger partial charge in [0.15, 0.2) is 0 Å². The summed E-state index contributed by atoms with van der Waals surface area (Å²) in [6.45, 7) is 2.49. The summed E-state index contributed by atoms with van der Waals surface area (Å²) >= 11 is 0. The highest BCUT2D eigenvalue weighted by molar-refractivity contribution is 7.89. The van der Waals surface area contributed by atoms with Gasteiger partial charge >= 0.3 is 0 Å². The van der Waals surface area contributed by atoms with Gasteiger partial charge in [0.2, 0.25) is 10.0 Å². The minimum atomic E-state index is -3.47. The molecule has 0 saturated carbocycles. The van der Waals surface area contributed by atoms with Crippen molar-refractivity contribution in [3.8, 4) is 6.07 Å². The van der Waals surface area contributed by atoms with Gasteiger partial charge in [0.1, 0.15) is 0 Å². The van der Waals surface area contributed by atoms with Crippen LogP contribution in [0, 0.1) is 17.2 Å². The molecule has 6 heteroatoms. The Morgan fingerprint density at radius 1 is 1.35 bits per heavy atom. The third-order valence-electron chi connectivity index (χ3n) is 3.54. The fourth-order valence-electron chi connectivity index (χ4n) is 2.36. The number of hydrogen-bond acceptors (Lipinski definition) is 4. The third kappa shape index (κ3) is 4.04. The number of sulfonamides is 1. The summed E-state index contributed by atoms with van der Waals surface area (Å²) in [6, 6.07) is 7.92. The smallest absolute Gasteiger partial charge is 0.240 e. The van der Waals surface area contributed by atoms with Crippen molar-refractivity contribution in [3.05, 3.63) is 29.8 Å². The Hall–Kier alpha value is -1.42. The Morgan fingerprint density at radius 2 is 2.10 bits per heavy atom. The average Bonchev–Trinajstić information content (AvgIpc) is 2.48. The quantitative estimate of drug-likeness (QED) is 0.855. The highest BCUT2D eigenvalue weighted by Gasteiger charge is 2.16. The molecule has 0 aliphatic carbocycles. The molecule has 0 amide bonds. The minimum Gasteiger partial charge on any atom is -0.316 e. The molecule has 1 saturated heterocycles. The largest absolute Gasteiger partial charge is 0.316 e. The topological polar surface area (TPSA) is 82.0 Å². The van der Waals surface area contributed by atoms with Crippen LogP contribution in [-0.2, 0) is 10.0 Å². The van der Waals surface area contributed by atoms with Crippen LogP contribution < -0.4 is 10.0 Å². The maximum Gasteiger partial charge on any atom is 0.240 e. The molecular weight excluding hydrogens is 274 g/mol. The van der Waals surface area contributed by atoms with Crippen molar-refractivity contribution in [2.24, 2.45) is 5.92 Å². The Balaban J connectivity index is 1.88. The zero-order chi connectivity index (χ0) is 14.4. The van der Waals surface area contributed by atoms with Crippen molar-refractivity contribution in [1.82, 2.24) is 10.0 Å². The highest BCUT2D eigenvalue weighted by Crippen LogP contribution is 2.14. The Morgan fingerprint density at radius 3 is 2.70 bits per heavy atom. The molecule has 1 aliphatic rings. The van der Waals surface area contributed by atoms with Gasteiger partial charge in [0, 0.05) is 6.54 Å². The van der Waals surface area contributed by atoms with Crippen LogP contribution in [0.2, 0.25) is 0 Å². The first-order valence-corrected chi connectivity index (χ1v) is 8.31. The van der Waals surface area contributed by atoms with Gasteiger partial charge in [-0.15, -0.1) is 0 Å². The van der Waals surface area contributed by atoms with Crippen LogP contribution in [0.4, 0.5) is 0 Å². The van der Waals surface area contributed by atoms with Gasteiger partial charge < -0.3 is 5.32 Å². The van der Waals surface area contributed by atoms with Crippen molar-refractivity contribution in [2.75, 3.05) is 19.6 Å². The molecule has 1 aromatic rings. The van der Waals surface area contributed by atoms with Crippen LogP contribution in [0.5, 0.6) is 0 Å². The molecule has 1 aliphatic heterocycles. The summed E-state index contributed by atoms with van der Waals surface area (Å²) in [5.41, 5.74) is 0.456. The normalized spacial score (nSPS) is 19.4. The van der Waals surface area contributed by atoms with Gasteiger partial charge in [-0.3, -0.25) is 0 Å². The first-order valence-electron chi connectivity index (χ1n) is 6.82. The molecule has 0 bridgehead atoms. The maximum atomic E-state index is 12.1. The summed E-state index contributed by atoms with van der Waals surface area (Å²) in [5, 5.41) is 12.0. The summed E-state index contributed by atoms with van der Waals surface area (Å²) in [7, 11) is -3.47. The first-order chi connectivity index (χ1) is 9.62. The van der Waals surface area contributed by atoms with E-state index in [1.165, 1.54) is 24.3 Å². The Labute approximate surface area is 120 Å². The standard InChI is InChI=1S/C14H19N3O2S/c15-10-12-3-5-14(6-4-12)20(18,19)17-9-7-13-2-1-8-16-11-13/h3-6,13,16-17H,1-2,7-9,11H2. The number of rotatable bonds is 5. The summed E-state index contributed by atoms with van der Waals surface area (Å²) in [6.07, 6.45) is 3.17. The second-order valence-corrected chi connectivity index (χ2v) is 6.80. The predicted octanol–water partition coefficient (Wildman–Crippen LogP) is 1.23. The molecule has 20 heavy (non-hydrogen) atoms. The van der Waals surface area contributed by atoms with Crippen molar-refractivity contribution < 1.29 is 8.42 Å². The van der Waals surface area contributed by atoms with Crippen LogP contribution in [-0.4, -0.2) is 28.1 Å². The number of benzene rings is 1. The van der Waals surface area contributed by atoms with Crippen LogP contribution in [0.1, 0.15) is 24.8 Å². The van der Waals surface area contributed by atoms with Crippen LogP contribution in [0.3, 0.4) is 0 Å².